The summed E-state index contributed by atoms with van der Waals surface area (Å²) in [5, 5.41) is 0. The summed E-state index contributed by atoms with van der Waals surface area (Å²) in [7, 11) is 1.56. The van der Waals surface area contributed by atoms with Crippen LogP contribution in [0.4, 0.5) is 13.2 Å². The molecule has 0 spiro atoms. The van der Waals surface area contributed by atoms with Gasteiger partial charge in [0.15, 0.2) is 5.83 Å². The molecule has 0 aromatic heterocycles. The summed E-state index contributed by atoms with van der Waals surface area (Å²) < 4.78 is 49.2. The van der Waals surface area contributed by atoms with Crippen LogP contribution in [-0.2, 0) is 4.74 Å². The van der Waals surface area contributed by atoms with Gasteiger partial charge in [0.25, 0.3) is 0 Å². The molecule has 3 aliphatic carbocycles. The van der Waals surface area contributed by atoms with Crippen molar-refractivity contribution < 1.29 is 17.9 Å². The number of ether oxygens (including phenoxy) is 1. The van der Waals surface area contributed by atoms with Gasteiger partial charge in [-0.05, 0) is 48.8 Å². The van der Waals surface area contributed by atoms with Crippen molar-refractivity contribution in [1.29, 1.82) is 0 Å². The Kier molecular flexibility index (Phi) is 7.34. The van der Waals surface area contributed by atoms with Crippen LogP contribution < -0.4 is 0 Å². The SMILES string of the molecule is CCC1=CCC(C2CC=C(/C=C/c3ccc(C4=CCC(OC)C=C4F)cc3)C(F)=C2F)C=C1. The minimum Gasteiger partial charge on any atom is -0.377 e. The molecule has 1 aromatic rings. The van der Waals surface area contributed by atoms with Gasteiger partial charge in [-0.3, -0.25) is 0 Å². The molecule has 0 aliphatic heterocycles. The molecule has 3 unspecified atom stereocenters. The Balaban J connectivity index is 1.42. The van der Waals surface area contributed by atoms with Gasteiger partial charge in [-0.2, -0.15) is 0 Å². The van der Waals surface area contributed by atoms with Crippen molar-refractivity contribution in [3.05, 3.63) is 107 Å². The van der Waals surface area contributed by atoms with Crippen molar-refractivity contribution in [3.63, 3.8) is 0 Å². The molecule has 0 saturated heterocycles. The fraction of sp³-hybridized carbons (Fsp3) is 0.310. The lowest BCUT2D eigenvalue weighted by Gasteiger charge is -2.27. The van der Waals surface area contributed by atoms with Crippen LogP contribution in [-0.4, -0.2) is 13.2 Å². The van der Waals surface area contributed by atoms with Crippen LogP contribution >= 0.6 is 0 Å². The van der Waals surface area contributed by atoms with Gasteiger partial charge in [0, 0.05) is 24.2 Å². The van der Waals surface area contributed by atoms with Crippen LogP contribution in [0.1, 0.15) is 43.7 Å². The first-order valence-corrected chi connectivity index (χ1v) is 11.5. The minimum absolute atomic E-state index is 0.0110. The average molecular weight is 451 g/mol. The molecule has 172 valence electrons. The van der Waals surface area contributed by atoms with Crippen LogP contribution in [0.25, 0.3) is 11.6 Å². The summed E-state index contributed by atoms with van der Waals surface area (Å²) >= 11 is 0. The Hall–Kier alpha value is -2.85. The van der Waals surface area contributed by atoms with E-state index in [4.69, 9.17) is 4.74 Å². The van der Waals surface area contributed by atoms with Gasteiger partial charge in [-0.25, -0.2) is 13.2 Å². The quantitative estimate of drug-likeness (QED) is 0.423. The van der Waals surface area contributed by atoms with Gasteiger partial charge in [-0.15, -0.1) is 0 Å². The molecule has 0 saturated carbocycles. The topological polar surface area (TPSA) is 9.23 Å². The molecule has 0 amide bonds. The first-order chi connectivity index (χ1) is 16.0. The number of allylic oxidation sites excluding steroid dienone is 11. The molecule has 3 aliphatic rings. The molecule has 1 aromatic carbocycles. The fourth-order valence-electron chi connectivity index (χ4n) is 4.53. The molecule has 1 nitrogen and oxygen atoms in total. The van der Waals surface area contributed by atoms with Crippen molar-refractivity contribution >= 4 is 11.6 Å². The maximum atomic E-state index is 14.8. The predicted molar refractivity (Wildman–Crippen MR) is 129 cm³/mol. The Labute approximate surface area is 194 Å². The lowest BCUT2D eigenvalue weighted by molar-refractivity contribution is 0.141. The van der Waals surface area contributed by atoms with Gasteiger partial charge in [0.2, 0.25) is 0 Å². The van der Waals surface area contributed by atoms with Crippen LogP contribution in [0, 0.1) is 11.8 Å². The third-order valence-electron chi connectivity index (χ3n) is 6.64. The van der Waals surface area contributed by atoms with E-state index in [2.05, 4.69) is 13.0 Å². The zero-order chi connectivity index (χ0) is 23.4. The Morgan fingerprint density at radius 2 is 1.76 bits per heavy atom. The van der Waals surface area contributed by atoms with Crippen LogP contribution in [0.2, 0.25) is 0 Å². The van der Waals surface area contributed by atoms with E-state index < -0.39 is 17.6 Å². The summed E-state index contributed by atoms with van der Waals surface area (Å²) in [6.45, 7) is 2.09. The summed E-state index contributed by atoms with van der Waals surface area (Å²) in [5.41, 5.74) is 3.67. The Bertz CT molecular complexity index is 1100. The zero-order valence-electron chi connectivity index (χ0n) is 19.0. The van der Waals surface area contributed by atoms with E-state index in [1.165, 1.54) is 11.6 Å². The number of methoxy groups -OCH3 is 1. The van der Waals surface area contributed by atoms with Gasteiger partial charge in [0.05, 0.1) is 6.10 Å². The number of benzene rings is 1. The van der Waals surface area contributed by atoms with E-state index >= 15 is 0 Å². The lowest BCUT2D eigenvalue weighted by Crippen LogP contribution is -2.18. The zero-order valence-corrected chi connectivity index (χ0v) is 19.0. The second kappa shape index (κ2) is 10.4. The maximum Gasteiger partial charge on any atom is 0.161 e. The highest BCUT2D eigenvalue weighted by atomic mass is 19.2. The highest BCUT2D eigenvalue weighted by Crippen LogP contribution is 2.40. The molecule has 4 heteroatoms. The number of hydrogen-bond donors (Lipinski definition) is 0. The van der Waals surface area contributed by atoms with Gasteiger partial charge < -0.3 is 4.74 Å². The van der Waals surface area contributed by atoms with E-state index in [0.717, 1.165) is 24.0 Å². The van der Waals surface area contributed by atoms with Crippen molar-refractivity contribution in [2.45, 2.75) is 38.7 Å². The summed E-state index contributed by atoms with van der Waals surface area (Å²) in [6.07, 6.45) is 17.2. The molecular formula is C29H29F3O. The Morgan fingerprint density at radius 3 is 2.39 bits per heavy atom. The monoisotopic (exact) mass is 450 g/mol. The average Bonchev–Trinajstić information content (AvgIpc) is 2.85. The normalized spacial score (nSPS) is 25.7. The van der Waals surface area contributed by atoms with Gasteiger partial charge in [-0.1, -0.05) is 79.3 Å². The smallest absolute Gasteiger partial charge is 0.161 e. The lowest BCUT2D eigenvalue weighted by atomic mass is 9.79. The van der Waals surface area contributed by atoms with Crippen molar-refractivity contribution in [2.75, 3.05) is 7.11 Å². The minimum atomic E-state index is -0.773. The fourth-order valence-corrected chi connectivity index (χ4v) is 4.53. The third-order valence-corrected chi connectivity index (χ3v) is 6.64. The van der Waals surface area contributed by atoms with Crippen molar-refractivity contribution in [1.82, 2.24) is 0 Å². The molecule has 0 radical (unpaired) electrons. The molecule has 0 heterocycles. The largest absolute Gasteiger partial charge is 0.377 e. The maximum absolute atomic E-state index is 14.8. The van der Waals surface area contributed by atoms with Crippen LogP contribution in [0.5, 0.6) is 0 Å². The van der Waals surface area contributed by atoms with Crippen LogP contribution in [0.3, 0.4) is 0 Å². The summed E-state index contributed by atoms with van der Waals surface area (Å²) in [5.74, 6) is -2.18. The molecule has 4 rings (SSSR count). The standard InChI is InChI=1S/C29H29F3O/c1-3-19-4-9-22(10-5-19)26-16-14-23(28(31)29(26)32)13-8-20-6-11-21(12-7-20)25-17-15-24(33-2)18-27(25)30/h4-9,11-14,17-18,22,24,26H,3,10,15-16H2,1-2H3/b13-8+. The third kappa shape index (κ3) is 5.22. The van der Waals surface area contributed by atoms with Crippen molar-refractivity contribution in [2.24, 2.45) is 11.8 Å². The molecule has 0 fully saturated rings. The first kappa shape index (κ1) is 23.3. The second-order valence-corrected chi connectivity index (χ2v) is 8.65. The summed E-state index contributed by atoms with van der Waals surface area (Å²) in [6, 6.07) is 7.35. The van der Waals surface area contributed by atoms with E-state index in [-0.39, 0.29) is 23.4 Å². The Morgan fingerprint density at radius 1 is 0.970 bits per heavy atom. The first-order valence-electron chi connectivity index (χ1n) is 11.5. The molecular weight excluding hydrogens is 421 g/mol. The molecule has 0 bridgehead atoms. The van der Waals surface area contributed by atoms with Gasteiger partial charge in [0.1, 0.15) is 11.7 Å². The molecule has 0 N–H and O–H groups in total. The molecule has 3 atom stereocenters. The van der Waals surface area contributed by atoms with E-state index in [0.29, 0.717) is 18.4 Å². The molecule has 33 heavy (non-hydrogen) atoms. The van der Waals surface area contributed by atoms with E-state index in [9.17, 15) is 13.2 Å². The second-order valence-electron chi connectivity index (χ2n) is 8.65. The number of hydrogen-bond acceptors (Lipinski definition) is 1. The van der Waals surface area contributed by atoms with Crippen molar-refractivity contribution in [3.8, 4) is 0 Å². The van der Waals surface area contributed by atoms with E-state index in [1.54, 1.807) is 25.3 Å². The number of halogens is 3. The predicted octanol–water partition coefficient (Wildman–Crippen LogP) is 8.36. The summed E-state index contributed by atoms with van der Waals surface area (Å²) in [4.78, 5) is 0. The van der Waals surface area contributed by atoms with Crippen LogP contribution in [0.15, 0.2) is 95.4 Å². The number of rotatable bonds is 6. The van der Waals surface area contributed by atoms with E-state index in [1.807, 2.05) is 42.5 Å². The highest BCUT2D eigenvalue weighted by molar-refractivity contribution is 5.78. The highest BCUT2D eigenvalue weighted by Gasteiger charge is 2.30. The van der Waals surface area contributed by atoms with Gasteiger partial charge >= 0.3 is 0 Å².